The van der Waals surface area contributed by atoms with Gasteiger partial charge in [0.15, 0.2) is 0 Å². The van der Waals surface area contributed by atoms with E-state index in [-0.39, 0.29) is 30.2 Å². The highest BCUT2D eigenvalue weighted by Crippen LogP contribution is 2.18. The number of benzene rings is 2. The third-order valence-corrected chi connectivity index (χ3v) is 6.27. The van der Waals surface area contributed by atoms with Crippen molar-refractivity contribution < 1.29 is 26.4 Å². The third kappa shape index (κ3) is 4.70. The fraction of sp³-hybridized carbons (Fsp3) is 0.278. The van der Waals surface area contributed by atoms with E-state index >= 15 is 0 Å². The Morgan fingerprint density at radius 3 is 2.18 bits per heavy atom. The molecule has 1 fully saturated rings. The first kappa shape index (κ1) is 20.3. The molecular formula is C18H18F3N3O3S. The standard InChI is InChI=1S/C18H18F3N3O3S/c19-13-1-4-15(5-2-13)28(26,27)24-9-7-23(8-10-24)12-18(25)22-17-11-14(20)3-6-16(17)21/h1-6,11H,7-10,12H2,(H,22,25). The molecule has 0 saturated carbocycles. The van der Waals surface area contributed by atoms with Gasteiger partial charge in [-0.1, -0.05) is 0 Å². The summed E-state index contributed by atoms with van der Waals surface area (Å²) in [5, 5.41) is 2.31. The maximum absolute atomic E-state index is 13.6. The van der Waals surface area contributed by atoms with Crippen molar-refractivity contribution in [2.75, 3.05) is 38.0 Å². The summed E-state index contributed by atoms with van der Waals surface area (Å²) < 4.78 is 66.1. The molecule has 1 N–H and O–H groups in total. The van der Waals surface area contributed by atoms with E-state index in [2.05, 4.69) is 5.32 Å². The van der Waals surface area contributed by atoms with Crippen LogP contribution in [-0.2, 0) is 14.8 Å². The molecule has 28 heavy (non-hydrogen) atoms. The molecular weight excluding hydrogens is 395 g/mol. The minimum absolute atomic E-state index is 0.00155. The monoisotopic (exact) mass is 413 g/mol. The number of hydrogen-bond acceptors (Lipinski definition) is 4. The first-order chi connectivity index (χ1) is 13.3. The van der Waals surface area contributed by atoms with E-state index in [0.29, 0.717) is 13.1 Å². The lowest BCUT2D eigenvalue weighted by Gasteiger charge is -2.33. The van der Waals surface area contributed by atoms with Crippen LogP contribution in [0.5, 0.6) is 0 Å². The van der Waals surface area contributed by atoms with E-state index in [4.69, 9.17) is 0 Å². The lowest BCUT2D eigenvalue weighted by Crippen LogP contribution is -2.50. The van der Waals surface area contributed by atoms with E-state index in [0.717, 1.165) is 30.3 Å². The van der Waals surface area contributed by atoms with Crippen molar-refractivity contribution in [1.82, 2.24) is 9.21 Å². The van der Waals surface area contributed by atoms with Gasteiger partial charge in [0.1, 0.15) is 17.5 Å². The number of carbonyl (C=O) groups is 1. The number of nitrogens with zero attached hydrogens (tertiary/aromatic N) is 2. The first-order valence-electron chi connectivity index (χ1n) is 8.49. The molecule has 1 aliphatic rings. The molecule has 0 unspecified atom stereocenters. The number of piperazine rings is 1. The third-order valence-electron chi connectivity index (χ3n) is 4.35. The molecule has 0 aromatic heterocycles. The summed E-state index contributed by atoms with van der Waals surface area (Å²) in [6.07, 6.45) is 0. The van der Waals surface area contributed by atoms with E-state index < -0.39 is 33.4 Å². The molecule has 0 aliphatic carbocycles. The maximum atomic E-state index is 13.6. The van der Waals surface area contributed by atoms with Crippen LogP contribution in [-0.4, -0.2) is 56.3 Å². The van der Waals surface area contributed by atoms with E-state index in [9.17, 15) is 26.4 Å². The lowest BCUT2D eigenvalue weighted by atomic mass is 10.3. The summed E-state index contributed by atoms with van der Waals surface area (Å²) >= 11 is 0. The number of sulfonamides is 1. The van der Waals surface area contributed by atoms with Gasteiger partial charge in [0, 0.05) is 32.2 Å². The summed E-state index contributed by atoms with van der Waals surface area (Å²) in [6, 6.07) is 7.34. The summed E-state index contributed by atoms with van der Waals surface area (Å²) in [4.78, 5) is 13.8. The highest BCUT2D eigenvalue weighted by molar-refractivity contribution is 7.89. The Balaban J connectivity index is 1.55. The normalized spacial score (nSPS) is 16.1. The number of halogens is 3. The molecule has 0 bridgehead atoms. The van der Waals surface area contributed by atoms with Crippen LogP contribution in [0.25, 0.3) is 0 Å². The van der Waals surface area contributed by atoms with Crippen LogP contribution in [0.1, 0.15) is 0 Å². The number of hydrogen-bond donors (Lipinski definition) is 1. The smallest absolute Gasteiger partial charge is 0.243 e. The molecule has 2 aromatic rings. The van der Waals surface area contributed by atoms with Crippen molar-refractivity contribution in [3.05, 3.63) is 59.9 Å². The number of anilines is 1. The van der Waals surface area contributed by atoms with Gasteiger partial charge in [0.2, 0.25) is 15.9 Å². The average molecular weight is 413 g/mol. The molecule has 0 spiro atoms. The summed E-state index contributed by atoms with van der Waals surface area (Å²) in [7, 11) is -3.74. The Hall–Kier alpha value is -2.43. The molecule has 10 heteroatoms. The van der Waals surface area contributed by atoms with Gasteiger partial charge >= 0.3 is 0 Å². The van der Waals surface area contributed by atoms with Gasteiger partial charge in [0.25, 0.3) is 0 Å². The highest BCUT2D eigenvalue weighted by Gasteiger charge is 2.29. The lowest BCUT2D eigenvalue weighted by molar-refractivity contribution is -0.117. The Kier molecular flexibility index (Phi) is 6.01. The Bertz CT molecular complexity index is 960. The second kappa shape index (κ2) is 8.29. The van der Waals surface area contributed by atoms with Crippen LogP contribution >= 0.6 is 0 Å². The minimum Gasteiger partial charge on any atom is -0.322 e. The molecule has 0 radical (unpaired) electrons. The highest BCUT2D eigenvalue weighted by atomic mass is 32.2. The minimum atomic E-state index is -3.74. The number of nitrogens with one attached hydrogen (secondary N) is 1. The topological polar surface area (TPSA) is 69.7 Å². The Labute approximate surface area is 160 Å². The largest absolute Gasteiger partial charge is 0.322 e. The van der Waals surface area contributed by atoms with Crippen LogP contribution in [0, 0.1) is 17.5 Å². The van der Waals surface area contributed by atoms with Gasteiger partial charge in [-0.15, -0.1) is 0 Å². The fourth-order valence-corrected chi connectivity index (χ4v) is 4.29. The molecule has 1 saturated heterocycles. The second-order valence-corrected chi connectivity index (χ2v) is 8.24. The summed E-state index contributed by atoms with van der Waals surface area (Å²) in [5.41, 5.74) is -0.248. The van der Waals surface area contributed by atoms with Crippen molar-refractivity contribution in [1.29, 1.82) is 0 Å². The molecule has 0 atom stereocenters. The quantitative estimate of drug-likeness (QED) is 0.815. The van der Waals surface area contributed by atoms with Crippen molar-refractivity contribution in [2.24, 2.45) is 0 Å². The Morgan fingerprint density at radius 1 is 0.929 bits per heavy atom. The molecule has 150 valence electrons. The molecule has 1 amide bonds. The molecule has 1 aliphatic heterocycles. The first-order valence-corrected chi connectivity index (χ1v) is 9.93. The predicted octanol–water partition coefficient (Wildman–Crippen LogP) is 2.05. The van der Waals surface area contributed by atoms with Crippen LogP contribution in [0.15, 0.2) is 47.4 Å². The van der Waals surface area contributed by atoms with Crippen molar-refractivity contribution in [2.45, 2.75) is 4.90 Å². The SMILES string of the molecule is O=C(CN1CCN(S(=O)(=O)c2ccc(F)cc2)CC1)Nc1cc(F)ccc1F. The van der Waals surface area contributed by atoms with Crippen molar-refractivity contribution in [3.63, 3.8) is 0 Å². The number of amides is 1. The van der Waals surface area contributed by atoms with Gasteiger partial charge in [0.05, 0.1) is 17.1 Å². The van der Waals surface area contributed by atoms with Crippen LogP contribution < -0.4 is 5.32 Å². The van der Waals surface area contributed by atoms with E-state index in [1.807, 2.05) is 0 Å². The van der Waals surface area contributed by atoms with Crippen molar-refractivity contribution >= 4 is 21.6 Å². The molecule has 3 rings (SSSR count). The van der Waals surface area contributed by atoms with Gasteiger partial charge in [-0.3, -0.25) is 9.69 Å². The Morgan fingerprint density at radius 2 is 1.54 bits per heavy atom. The van der Waals surface area contributed by atoms with E-state index in [1.54, 1.807) is 4.90 Å². The van der Waals surface area contributed by atoms with Crippen LogP contribution in [0.3, 0.4) is 0 Å². The van der Waals surface area contributed by atoms with Gasteiger partial charge in [-0.2, -0.15) is 4.31 Å². The van der Waals surface area contributed by atoms with Gasteiger partial charge in [-0.05, 0) is 36.4 Å². The predicted molar refractivity (Wildman–Crippen MR) is 96.6 cm³/mol. The molecule has 1 heterocycles. The zero-order valence-corrected chi connectivity index (χ0v) is 15.6. The summed E-state index contributed by atoms with van der Waals surface area (Å²) in [5.74, 6) is -2.47. The second-order valence-electron chi connectivity index (χ2n) is 6.31. The van der Waals surface area contributed by atoms with Gasteiger partial charge < -0.3 is 5.32 Å². The zero-order valence-electron chi connectivity index (χ0n) is 14.7. The fourth-order valence-electron chi connectivity index (χ4n) is 2.87. The van der Waals surface area contributed by atoms with Crippen LogP contribution in [0.4, 0.5) is 18.9 Å². The molecule has 6 nitrogen and oxygen atoms in total. The number of rotatable bonds is 5. The number of carbonyl (C=O) groups excluding carboxylic acids is 1. The molecule has 2 aromatic carbocycles. The van der Waals surface area contributed by atoms with Gasteiger partial charge in [-0.25, -0.2) is 21.6 Å². The summed E-state index contributed by atoms with van der Waals surface area (Å²) in [6.45, 7) is 0.808. The van der Waals surface area contributed by atoms with E-state index in [1.165, 1.54) is 16.4 Å². The average Bonchev–Trinajstić information content (AvgIpc) is 2.65. The van der Waals surface area contributed by atoms with Crippen molar-refractivity contribution in [3.8, 4) is 0 Å². The maximum Gasteiger partial charge on any atom is 0.243 e. The van der Waals surface area contributed by atoms with Crippen LogP contribution in [0.2, 0.25) is 0 Å². The zero-order chi connectivity index (χ0) is 20.3.